The molecule has 0 heterocycles. The Hall–Kier alpha value is -0.980. The maximum absolute atomic E-state index is 4.01. The molecule has 1 nitrogen and oxygen atoms in total. The fraction of sp³-hybridized carbons (Fsp3) is 0.538. The van der Waals surface area contributed by atoms with Gasteiger partial charge in [-0.25, -0.2) is 0 Å². The van der Waals surface area contributed by atoms with Crippen molar-refractivity contribution in [2.45, 2.75) is 46.6 Å². The third-order valence-electron chi connectivity index (χ3n) is 1.72. The molecule has 14 heavy (non-hydrogen) atoms. The topological polar surface area (TPSA) is 12.0 Å². The summed E-state index contributed by atoms with van der Waals surface area (Å²) in [5.74, 6) is 0. The number of hydrogen-bond acceptors (Lipinski definition) is 1. The smallest absolute Gasteiger partial charge is 0.0300 e. The van der Waals surface area contributed by atoms with Crippen LogP contribution >= 0.6 is 0 Å². The summed E-state index contributed by atoms with van der Waals surface area (Å²) in [6, 6.07) is 0. The minimum Gasteiger partial charge on any atom is -0.381 e. The number of allylic oxidation sites excluding steroid dienone is 4. The van der Waals surface area contributed by atoms with Gasteiger partial charge in [-0.1, -0.05) is 31.7 Å². The van der Waals surface area contributed by atoms with Gasteiger partial charge >= 0.3 is 0 Å². The predicted octanol–water partition coefficient (Wildman–Crippen LogP) is 3.80. The standard InChI is InChI=1S/C13H23N/c1-7-8-9-10-11(2)12(3)14-13(4,5)6/h8-10,14H,3,7H2,1-2,4-6H3/b9-8-,11-10+. The highest BCUT2D eigenvalue weighted by atomic mass is 15.0. The van der Waals surface area contributed by atoms with Crippen molar-refractivity contribution >= 4 is 0 Å². The number of nitrogens with one attached hydrogen (secondary N) is 1. The van der Waals surface area contributed by atoms with Gasteiger partial charge in [0.05, 0.1) is 0 Å². The molecule has 0 aliphatic carbocycles. The van der Waals surface area contributed by atoms with Gasteiger partial charge in [0.1, 0.15) is 0 Å². The molecule has 0 aromatic rings. The fourth-order valence-electron chi connectivity index (χ4n) is 1.00. The molecule has 0 bridgehead atoms. The molecular weight excluding hydrogens is 170 g/mol. The number of hydrogen-bond donors (Lipinski definition) is 1. The Morgan fingerprint density at radius 1 is 1.36 bits per heavy atom. The summed E-state index contributed by atoms with van der Waals surface area (Å²) in [6.07, 6.45) is 7.37. The molecule has 0 aliphatic rings. The summed E-state index contributed by atoms with van der Waals surface area (Å²) in [4.78, 5) is 0. The summed E-state index contributed by atoms with van der Waals surface area (Å²) in [7, 11) is 0. The van der Waals surface area contributed by atoms with E-state index in [1.54, 1.807) is 0 Å². The Bertz CT molecular complexity index is 238. The van der Waals surface area contributed by atoms with Crippen LogP contribution in [0.3, 0.4) is 0 Å². The van der Waals surface area contributed by atoms with Gasteiger partial charge in [0, 0.05) is 11.2 Å². The quantitative estimate of drug-likeness (QED) is 0.670. The molecule has 1 N–H and O–H groups in total. The van der Waals surface area contributed by atoms with Gasteiger partial charge in [-0.2, -0.15) is 0 Å². The van der Waals surface area contributed by atoms with Crippen LogP contribution in [0.4, 0.5) is 0 Å². The Balaban J connectivity index is 4.26. The zero-order chi connectivity index (χ0) is 11.2. The fourth-order valence-corrected chi connectivity index (χ4v) is 1.00. The van der Waals surface area contributed by atoms with Crippen LogP contribution in [0.2, 0.25) is 0 Å². The first-order valence-electron chi connectivity index (χ1n) is 5.17. The van der Waals surface area contributed by atoms with E-state index < -0.39 is 0 Å². The minimum atomic E-state index is 0.0840. The van der Waals surface area contributed by atoms with E-state index >= 15 is 0 Å². The molecule has 0 radical (unpaired) electrons. The van der Waals surface area contributed by atoms with Crippen molar-refractivity contribution in [2.24, 2.45) is 0 Å². The van der Waals surface area contributed by atoms with Gasteiger partial charge in [-0.15, -0.1) is 0 Å². The molecule has 0 saturated carbocycles. The van der Waals surface area contributed by atoms with Crippen LogP contribution < -0.4 is 5.32 Å². The van der Waals surface area contributed by atoms with E-state index in [2.05, 4.69) is 64.7 Å². The summed E-state index contributed by atoms with van der Waals surface area (Å²) in [5, 5.41) is 3.35. The predicted molar refractivity (Wildman–Crippen MR) is 65.2 cm³/mol. The van der Waals surface area contributed by atoms with Crippen LogP contribution in [0.5, 0.6) is 0 Å². The van der Waals surface area contributed by atoms with Crippen LogP contribution in [0.15, 0.2) is 36.1 Å². The Morgan fingerprint density at radius 3 is 2.36 bits per heavy atom. The van der Waals surface area contributed by atoms with E-state index in [1.807, 2.05) is 0 Å². The van der Waals surface area contributed by atoms with Crippen LogP contribution in [0.1, 0.15) is 41.0 Å². The molecule has 0 aliphatic heterocycles. The van der Waals surface area contributed by atoms with Gasteiger partial charge in [-0.05, 0) is 39.7 Å². The second-order valence-corrected chi connectivity index (χ2v) is 4.54. The van der Waals surface area contributed by atoms with Crippen molar-refractivity contribution in [3.63, 3.8) is 0 Å². The molecule has 0 amide bonds. The van der Waals surface area contributed by atoms with Crippen LogP contribution in [-0.2, 0) is 0 Å². The van der Waals surface area contributed by atoms with Gasteiger partial charge in [-0.3, -0.25) is 0 Å². The molecule has 0 atom stereocenters. The molecule has 1 heteroatoms. The molecule has 0 fully saturated rings. The zero-order valence-electron chi connectivity index (χ0n) is 10.1. The highest BCUT2D eigenvalue weighted by Gasteiger charge is 2.09. The minimum absolute atomic E-state index is 0.0840. The van der Waals surface area contributed by atoms with Crippen molar-refractivity contribution in [2.75, 3.05) is 0 Å². The van der Waals surface area contributed by atoms with Crippen molar-refractivity contribution in [3.05, 3.63) is 36.1 Å². The summed E-state index contributed by atoms with van der Waals surface area (Å²) in [6.45, 7) is 14.6. The summed E-state index contributed by atoms with van der Waals surface area (Å²) < 4.78 is 0. The molecule has 0 spiro atoms. The van der Waals surface area contributed by atoms with E-state index in [9.17, 15) is 0 Å². The maximum atomic E-state index is 4.01. The molecule has 0 rings (SSSR count). The normalized spacial score (nSPS) is 13.4. The van der Waals surface area contributed by atoms with Gasteiger partial charge < -0.3 is 5.32 Å². The average molecular weight is 193 g/mol. The van der Waals surface area contributed by atoms with Crippen LogP contribution in [-0.4, -0.2) is 5.54 Å². The molecule has 0 aromatic heterocycles. The third kappa shape index (κ3) is 6.53. The second-order valence-electron chi connectivity index (χ2n) is 4.54. The van der Waals surface area contributed by atoms with Crippen molar-refractivity contribution < 1.29 is 0 Å². The van der Waals surface area contributed by atoms with Crippen LogP contribution in [0, 0.1) is 0 Å². The van der Waals surface area contributed by atoms with Gasteiger partial charge in [0.25, 0.3) is 0 Å². The first-order valence-corrected chi connectivity index (χ1v) is 5.17. The van der Waals surface area contributed by atoms with E-state index in [0.717, 1.165) is 12.1 Å². The van der Waals surface area contributed by atoms with E-state index in [1.165, 1.54) is 5.57 Å². The molecule has 0 unspecified atom stereocenters. The molecule has 0 aromatic carbocycles. The van der Waals surface area contributed by atoms with E-state index in [0.29, 0.717) is 0 Å². The van der Waals surface area contributed by atoms with Crippen molar-refractivity contribution in [3.8, 4) is 0 Å². The largest absolute Gasteiger partial charge is 0.381 e. The lowest BCUT2D eigenvalue weighted by Crippen LogP contribution is -2.34. The Kier molecular flexibility index (Phi) is 5.29. The monoisotopic (exact) mass is 193 g/mol. The lowest BCUT2D eigenvalue weighted by atomic mass is 10.1. The molecule has 80 valence electrons. The Labute approximate surface area is 88.6 Å². The maximum Gasteiger partial charge on any atom is 0.0300 e. The van der Waals surface area contributed by atoms with Crippen molar-refractivity contribution in [1.29, 1.82) is 0 Å². The second kappa shape index (κ2) is 5.69. The van der Waals surface area contributed by atoms with Crippen LogP contribution in [0.25, 0.3) is 0 Å². The SMILES string of the molecule is C=C(NC(C)(C)C)/C(C)=C/C=C\CC. The third-order valence-corrected chi connectivity index (χ3v) is 1.72. The van der Waals surface area contributed by atoms with E-state index in [4.69, 9.17) is 0 Å². The highest BCUT2D eigenvalue weighted by molar-refractivity contribution is 5.29. The summed E-state index contributed by atoms with van der Waals surface area (Å²) >= 11 is 0. The highest BCUT2D eigenvalue weighted by Crippen LogP contribution is 2.09. The molecular formula is C13H23N. The lowest BCUT2D eigenvalue weighted by molar-refractivity contribution is 0.477. The summed E-state index contributed by atoms with van der Waals surface area (Å²) in [5.41, 5.74) is 2.27. The Morgan fingerprint density at radius 2 is 1.93 bits per heavy atom. The van der Waals surface area contributed by atoms with E-state index in [-0.39, 0.29) is 5.54 Å². The lowest BCUT2D eigenvalue weighted by Gasteiger charge is -2.24. The zero-order valence-corrected chi connectivity index (χ0v) is 10.1. The molecule has 0 saturated heterocycles. The number of rotatable bonds is 4. The first-order chi connectivity index (χ1) is 6.37. The van der Waals surface area contributed by atoms with Gasteiger partial charge in [0.15, 0.2) is 0 Å². The first kappa shape index (κ1) is 13.0. The van der Waals surface area contributed by atoms with Crippen molar-refractivity contribution in [1.82, 2.24) is 5.32 Å². The van der Waals surface area contributed by atoms with Gasteiger partial charge in [0.2, 0.25) is 0 Å². The average Bonchev–Trinajstić information content (AvgIpc) is 2.01.